The van der Waals surface area contributed by atoms with Crippen molar-refractivity contribution in [2.24, 2.45) is 0 Å². The number of amides is 1. The van der Waals surface area contributed by atoms with Gasteiger partial charge in [0.15, 0.2) is 0 Å². The standard InChI is InChI=1S/C16H21N5O2/c1-2-4-15-14(8-17-11-18-15)16(23)20-5-3-6-21-13(9-20)7-12(10-22)19-21/h7-8,11,22H,2-6,9-10H2,1H3. The maximum absolute atomic E-state index is 12.9. The number of hydrogen-bond donors (Lipinski definition) is 1. The third kappa shape index (κ3) is 3.24. The fraction of sp³-hybridized carbons (Fsp3) is 0.500. The topological polar surface area (TPSA) is 84.1 Å². The van der Waals surface area contributed by atoms with Gasteiger partial charge in [0.05, 0.1) is 35.8 Å². The van der Waals surface area contributed by atoms with Crippen LogP contribution < -0.4 is 0 Å². The summed E-state index contributed by atoms with van der Waals surface area (Å²) < 4.78 is 1.88. The zero-order valence-electron chi connectivity index (χ0n) is 13.3. The quantitative estimate of drug-likeness (QED) is 0.915. The normalized spacial score (nSPS) is 14.4. The lowest BCUT2D eigenvalue weighted by molar-refractivity contribution is 0.0743. The highest BCUT2D eigenvalue weighted by atomic mass is 16.3. The lowest BCUT2D eigenvalue weighted by Gasteiger charge is -2.21. The number of rotatable bonds is 4. The van der Waals surface area contributed by atoms with Crippen molar-refractivity contribution in [3.8, 4) is 0 Å². The van der Waals surface area contributed by atoms with Crippen LogP contribution in [-0.2, 0) is 26.1 Å². The van der Waals surface area contributed by atoms with Gasteiger partial charge in [0.2, 0.25) is 0 Å². The summed E-state index contributed by atoms with van der Waals surface area (Å²) >= 11 is 0. The van der Waals surface area contributed by atoms with Gasteiger partial charge in [0, 0.05) is 19.3 Å². The van der Waals surface area contributed by atoms with Gasteiger partial charge in [-0.15, -0.1) is 0 Å². The number of aromatic nitrogens is 4. The predicted octanol–water partition coefficient (Wildman–Crippen LogP) is 1.16. The Hall–Kier alpha value is -2.28. The summed E-state index contributed by atoms with van der Waals surface area (Å²) in [4.78, 5) is 23.0. The summed E-state index contributed by atoms with van der Waals surface area (Å²) in [6.07, 6.45) is 5.64. The van der Waals surface area contributed by atoms with E-state index in [1.807, 2.05) is 15.6 Å². The summed E-state index contributed by atoms with van der Waals surface area (Å²) in [6.45, 7) is 3.91. The molecule has 0 aromatic carbocycles. The van der Waals surface area contributed by atoms with E-state index in [0.717, 1.165) is 37.2 Å². The highest BCUT2D eigenvalue weighted by molar-refractivity contribution is 5.95. The van der Waals surface area contributed by atoms with Crippen molar-refractivity contribution in [2.45, 2.75) is 45.9 Å². The first-order valence-electron chi connectivity index (χ1n) is 7.97. The van der Waals surface area contributed by atoms with Crippen LogP contribution in [0.5, 0.6) is 0 Å². The average molecular weight is 315 g/mol. The molecule has 3 rings (SSSR count). The lowest BCUT2D eigenvalue weighted by Crippen LogP contribution is -2.31. The zero-order chi connectivity index (χ0) is 16.2. The minimum Gasteiger partial charge on any atom is -0.390 e. The lowest BCUT2D eigenvalue weighted by atomic mass is 10.1. The second-order valence-corrected chi connectivity index (χ2v) is 5.72. The van der Waals surface area contributed by atoms with Crippen molar-refractivity contribution < 1.29 is 9.90 Å². The zero-order valence-corrected chi connectivity index (χ0v) is 13.3. The molecule has 122 valence electrons. The Kier molecular flexibility index (Phi) is 4.66. The molecule has 2 aromatic rings. The number of aryl methyl sites for hydroxylation is 2. The van der Waals surface area contributed by atoms with Crippen molar-refractivity contribution in [1.29, 1.82) is 0 Å². The first-order chi connectivity index (χ1) is 11.2. The smallest absolute Gasteiger partial charge is 0.257 e. The Morgan fingerprint density at radius 2 is 2.26 bits per heavy atom. The van der Waals surface area contributed by atoms with Crippen LogP contribution in [0, 0.1) is 0 Å². The Morgan fingerprint density at radius 3 is 3.04 bits per heavy atom. The molecule has 1 aliphatic heterocycles. The van der Waals surface area contributed by atoms with Crippen molar-refractivity contribution in [3.05, 3.63) is 41.2 Å². The van der Waals surface area contributed by atoms with Crippen LogP contribution in [-0.4, -0.2) is 42.2 Å². The van der Waals surface area contributed by atoms with Crippen LogP contribution in [0.4, 0.5) is 0 Å². The van der Waals surface area contributed by atoms with Gasteiger partial charge < -0.3 is 10.0 Å². The molecule has 2 aromatic heterocycles. The number of aliphatic hydroxyl groups excluding tert-OH is 1. The highest BCUT2D eigenvalue weighted by Gasteiger charge is 2.23. The molecule has 1 N–H and O–H groups in total. The largest absolute Gasteiger partial charge is 0.390 e. The van der Waals surface area contributed by atoms with Crippen molar-refractivity contribution in [1.82, 2.24) is 24.6 Å². The van der Waals surface area contributed by atoms with Gasteiger partial charge in [-0.25, -0.2) is 9.97 Å². The second kappa shape index (κ2) is 6.87. The molecule has 0 aliphatic carbocycles. The number of nitrogens with zero attached hydrogens (tertiary/aromatic N) is 5. The minimum atomic E-state index is -0.0822. The number of aliphatic hydroxyl groups is 1. The molecular formula is C16H21N5O2. The SMILES string of the molecule is CCCc1ncncc1C(=O)N1CCCn2nc(CO)cc2C1. The van der Waals surface area contributed by atoms with Gasteiger partial charge in [-0.3, -0.25) is 9.48 Å². The van der Waals surface area contributed by atoms with E-state index < -0.39 is 0 Å². The summed E-state index contributed by atoms with van der Waals surface area (Å²) in [5.41, 5.74) is 2.99. The monoisotopic (exact) mass is 315 g/mol. The molecule has 0 fully saturated rings. The van der Waals surface area contributed by atoms with E-state index in [4.69, 9.17) is 0 Å². The molecular weight excluding hydrogens is 294 g/mol. The predicted molar refractivity (Wildman–Crippen MR) is 83.5 cm³/mol. The highest BCUT2D eigenvalue weighted by Crippen LogP contribution is 2.18. The van der Waals surface area contributed by atoms with Gasteiger partial charge in [-0.1, -0.05) is 13.3 Å². The molecule has 0 atom stereocenters. The van der Waals surface area contributed by atoms with Gasteiger partial charge in [0.1, 0.15) is 6.33 Å². The van der Waals surface area contributed by atoms with Gasteiger partial charge >= 0.3 is 0 Å². The molecule has 0 radical (unpaired) electrons. The van der Waals surface area contributed by atoms with Crippen LogP contribution in [0.1, 0.15) is 47.2 Å². The number of carbonyl (C=O) groups excluding carboxylic acids is 1. The Morgan fingerprint density at radius 1 is 1.39 bits per heavy atom. The molecule has 0 bridgehead atoms. The summed E-state index contributed by atoms with van der Waals surface area (Å²) in [6, 6.07) is 1.86. The fourth-order valence-corrected chi connectivity index (χ4v) is 2.91. The average Bonchev–Trinajstić information content (AvgIpc) is 2.86. The van der Waals surface area contributed by atoms with Gasteiger partial charge in [-0.2, -0.15) is 5.10 Å². The number of fused-ring (bicyclic) bond motifs is 1. The molecule has 0 unspecified atom stereocenters. The Balaban J connectivity index is 1.85. The van der Waals surface area contributed by atoms with Crippen LogP contribution in [0.15, 0.2) is 18.6 Å². The molecule has 0 spiro atoms. The molecule has 1 amide bonds. The molecule has 0 saturated carbocycles. The van der Waals surface area contributed by atoms with Crippen LogP contribution in [0.25, 0.3) is 0 Å². The summed E-state index contributed by atoms with van der Waals surface area (Å²) in [5, 5.41) is 13.6. The van der Waals surface area contributed by atoms with Crippen molar-refractivity contribution in [2.75, 3.05) is 6.54 Å². The van der Waals surface area contributed by atoms with Gasteiger partial charge in [0.25, 0.3) is 5.91 Å². The van der Waals surface area contributed by atoms with Gasteiger partial charge in [-0.05, 0) is 18.9 Å². The Labute approximate surface area is 135 Å². The van der Waals surface area contributed by atoms with E-state index in [2.05, 4.69) is 22.0 Å². The second-order valence-electron chi connectivity index (χ2n) is 5.72. The van der Waals surface area contributed by atoms with E-state index >= 15 is 0 Å². The van der Waals surface area contributed by atoms with E-state index in [-0.39, 0.29) is 12.5 Å². The minimum absolute atomic E-state index is 0.0331. The first-order valence-corrected chi connectivity index (χ1v) is 7.97. The van der Waals surface area contributed by atoms with Crippen molar-refractivity contribution >= 4 is 5.91 Å². The maximum atomic E-state index is 12.9. The molecule has 1 aliphatic rings. The summed E-state index contributed by atoms with van der Waals surface area (Å²) in [7, 11) is 0. The van der Waals surface area contributed by atoms with E-state index in [9.17, 15) is 9.90 Å². The molecule has 23 heavy (non-hydrogen) atoms. The Bertz CT molecular complexity index is 698. The third-order valence-electron chi connectivity index (χ3n) is 4.03. The van der Waals surface area contributed by atoms with Crippen molar-refractivity contribution in [3.63, 3.8) is 0 Å². The molecule has 7 heteroatoms. The molecule has 0 saturated heterocycles. The number of carbonyl (C=O) groups is 1. The van der Waals surface area contributed by atoms with E-state index in [1.54, 1.807) is 6.20 Å². The van der Waals surface area contributed by atoms with Crippen LogP contribution in [0.3, 0.4) is 0 Å². The number of hydrogen-bond acceptors (Lipinski definition) is 5. The van der Waals surface area contributed by atoms with Crippen LogP contribution >= 0.6 is 0 Å². The third-order valence-corrected chi connectivity index (χ3v) is 4.03. The molecule has 7 nitrogen and oxygen atoms in total. The summed E-state index contributed by atoms with van der Waals surface area (Å²) in [5.74, 6) is -0.0331. The molecule has 3 heterocycles. The van der Waals surface area contributed by atoms with Crippen LogP contribution in [0.2, 0.25) is 0 Å². The van der Waals surface area contributed by atoms with E-state index in [1.165, 1.54) is 6.33 Å². The maximum Gasteiger partial charge on any atom is 0.257 e. The fourth-order valence-electron chi connectivity index (χ4n) is 2.91. The first kappa shape index (κ1) is 15.6. The van der Waals surface area contributed by atoms with E-state index in [0.29, 0.717) is 24.3 Å².